The van der Waals surface area contributed by atoms with E-state index < -0.39 is 0 Å². The van der Waals surface area contributed by atoms with Gasteiger partial charge >= 0.3 is 0 Å². The molecule has 4 rings (SSSR count). The largest absolute Gasteiger partial charge is 0.497 e. The first kappa shape index (κ1) is 16.9. The van der Waals surface area contributed by atoms with E-state index in [4.69, 9.17) is 4.74 Å². The molecule has 2 N–H and O–H groups in total. The summed E-state index contributed by atoms with van der Waals surface area (Å²) in [4.78, 5) is 15.4. The van der Waals surface area contributed by atoms with Crippen LogP contribution in [0.1, 0.15) is 31.2 Å². The minimum absolute atomic E-state index is 0.103. The van der Waals surface area contributed by atoms with Gasteiger partial charge in [0.2, 0.25) is 5.91 Å². The first-order chi connectivity index (χ1) is 12.1. The molecule has 3 fully saturated rings. The number of nitrogens with one attached hydrogen (secondary N) is 1. The van der Waals surface area contributed by atoms with Crippen LogP contribution in [-0.4, -0.2) is 55.8 Å². The molecule has 0 aromatic heterocycles. The van der Waals surface area contributed by atoms with Crippen LogP contribution in [0.2, 0.25) is 0 Å². The van der Waals surface area contributed by atoms with Crippen molar-refractivity contribution in [3.8, 4) is 5.75 Å². The highest BCUT2D eigenvalue weighted by atomic mass is 16.5. The molecule has 0 radical (unpaired) electrons. The Kier molecular flexibility index (Phi) is 4.24. The Morgan fingerprint density at radius 1 is 1.24 bits per heavy atom. The van der Waals surface area contributed by atoms with Gasteiger partial charge in [0.05, 0.1) is 12.5 Å². The van der Waals surface area contributed by atoms with Crippen LogP contribution in [0, 0.1) is 11.3 Å². The van der Waals surface area contributed by atoms with E-state index in [2.05, 4.69) is 5.32 Å². The van der Waals surface area contributed by atoms with Gasteiger partial charge in [0.1, 0.15) is 5.75 Å². The number of rotatable bonds is 4. The number of hydrogen-bond acceptors (Lipinski definition) is 4. The third-order valence-electron chi connectivity index (χ3n) is 6.72. The highest BCUT2D eigenvalue weighted by molar-refractivity contribution is 5.91. The zero-order valence-corrected chi connectivity index (χ0v) is 15.0. The van der Waals surface area contributed by atoms with Gasteiger partial charge in [-0.25, -0.2) is 0 Å². The fourth-order valence-corrected chi connectivity index (χ4v) is 4.89. The van der Waals surface area contributed by atoms with Gasteiger partial charge in [-0.15, -0.1) is 0 Å². The van der Waals surface area contributed by atoms with E-state index in [0.29, 0.717) is 6.54 Å². The van der Waals surface area contributed by atoms with Gasteiger partial charge in [-0.3, -0.25) is 4.79 Å². The third-order valence-corrected chi connectivity index (χ3v) is 6.72. The number of amides is 1. The molecule has 0 bridgehead atoms. The lowest BCUT2D eigenvalue weighted by Crippen LogP contribution is -2.44. The van der Waals surface area contributed by atoms with E-state index in [0.717, 1.165) is 56.6 Å². The quantitative estimate of drug-likeness (QED) is 0.870. The van der Waals surface area contributed by atoms with E-state index in [9.17, 15) is 9.90 Å². The summed E-state index contributed by atoms with van der Waals surface area (Å²) in [5.74, 6) is 1.29. The van der Waals surface area contributed by atoms with E-state index in [1.54, 1.807) is 7.11 Å². The Labute approximate surface area is 149 Å². The average molecular weight is 344 g/mol. The molecule has 1 atom stereocenters. The number of carbonyl (C=O) groups is 1. The van der Waals surface area contributed by atoms with Crippen LogP contribution in [-0.2, 0) is 10.2 Å². The molecule has 2 saturated heterocycles. The zero-order valence-electron chi connectivity index (χ0n) is 15.0. The number of benzene rings is 1. The fourth-order valence-electron chi connectivity index (χ4n) is 4.89. The number of carbonyl (C=O) groups excluding carboxylic acids is 1. The maximum atomic E-state index is 13.4. The number of likely N-dealkylation sites (tertiary alicyclic amines) is 1. The Bertz CT molecular complexity index is 633. The van der Waals surface area contributed by atoms with Crippen LogP contribution < -0.4 is 10.1 Å². The Morgan fingerprint density at radius 3 is 2.48 bits per heavy atom. The number of ether oxygens (including phenoxy) is 1. The highest BCUT2D eigenvalue weighted by Gasteiger charge is 2.56. The molecule has 1 amide bonds. The normalized spacial score (nSPS) is 26.6. The maximum absolute atomic E-state index is 13.4. The molecule has 136 valence electrons. The van der Waals surface area contributed by atoms with Crippen LogP contribution in [0.5, 0.6) is 5.75 Å². The lowest BCUT2D eigenvalue weighted by molar-refractivity contribution is -0.133. The maximum Gasteiger partial charge on any atom is 0.233 e. The fraction of sp³-hybridized carbons (Fsp3) is 0.650. The third kappa shape index (κ3) is 2.74. The van der Waals surface area contributed by atoms with E-state index >= 15 is 0 Å². The Balaban J connectivity index is 1.54. The summed E-state index contributed by atoms with van der Waals surface area (Å²) in [5, 5.41) is 13.3. The van der Waals surface area contributed by atoms with Crippen LogP contribution in [0.25, 0.3) is 0 Å². The standard InChI is InChI=1S/C20H28N2O3/c1-25-17-4-2-15(3-5-17)20(6-7-20)18(24)22-12-16(13-23)19(14-22)8-10-21-11-9-19/h2-5,16,21,23H,6-14H2,1H3. The minimum atomic E-state index is -0.343. The number of nitrogens with zero attached hydrogens (tertiary/aromatic N) is 1. The summed E-state index contributed by atoms with van der Waals surface area (Å²) in [6, 6.07) is 7.95. The molecule has 1 saturated carbocycles. The van der Waals surface area contributed by atoms with Crippen LogP contribution in [0.15, 0.2) is 24.3 Å². The van der Waals surface area contributed by atoms with Gasteiger partial charge in [-0.1, -0.05) is 12.1 Å². The van der Waals surface area contributed by atoms with Crippen molar-refractivity contribution in [1.82, 2.24) is 10.2 Å². The number of hydrogen-bond donors (Lipinski definition) is 2. The van der Waals surface area contributed by atoms with Gasteiger partial charge in [0, 0.05) is 25.6 Å². The van der Waals surface area contributed by atoms with Gasteiger partial charge in [-0.2, -0.15) is 0 Å². The molecule has 5 nitrogen and oxygen atoms in total. The molecule has 1 unspecified atom stereocenters. The average Bonchev–Trinajstić information content (AvgIpc) is 3.40. The smallest absolute Gasteiger partial charge is 0.233 e. The molecular weight excluding hydrogens is 316 g/mol. The van der Waals surface area contributed by atoms with Crippen molar-refractivity contribution in [2.75, 3.05) is 39.9 Å². The van der Waals surface area contributed by atoms with E-state index in [1.165, 1.54) is 0 Å². The van der Waals surface area contributed by atoms with E-state index in [1.807, 2.05) is 29.2 Å². The topological polar surface area (TPSA) is 61.8 Å². The van der Waals surface area contributed by atoms with E-state index in [-0.39, 0.29) is 29.3 Å². The Hall–Kier alpha value is -1.59. The monoisotopic (exact) mass is 344 g/mol. The lowest BCUT2D eigenvalue weighted by Gasteiger charge is -2.37. The number of piperidine rings is 1. The van der Waals surface area contributed by atoms with Gasteiger partial charge in [0.25, 0.3) is 0 Å². The summed E-state index contributed by atoms with van der Waals surface area (Å²) in [6.07, 6.45) is 3.95. The molecule has 5 heteroatoms. The molecule has 1 aliphatic carbocycles. The second kappa shape index (κ2) is 6.29. The SMILES string of the molecule is COc1ccc(C2(C(=O)N3CC(CO)C4(CCNCC4)C3)CC2)cc1. The van der Waals surface area contributed by atoms with Crippen LogP contribution >= 0.6 is 0 Å². The zero-order chi connectivity index (χ0) is 17.5. The molecule has 1 spiro atoms. The summed E-state index contributed by atoms with van der Waals surface area (Å²) in [7, 11) is 1.66. The predicted molar refractivity (Wildman–Crippen MR) is 95.6 cm³/mol. The van der Waals surface area contributed by atoms with Crippen molar-refractivity contribution in [1.29, 1.82) is 0 Å². The molecule has 3 aliphatic rings. The highest BCUT2D eigenvalue weighted by Crippen LogP contribution is 2.52. The van der Waals surface area contributed by atoms with Crippen LogP contribution in [0.4, 0.5) is 0 Å². The van der Waals surface area contributed by atoms with Crippen molar-refractivity contribution in [2.45, 2.75) is 31.1 Å². The second-order valence-electron chi connectivity index (χ2n) is 7.99. The number of aliphatic hydroxyl groups is 1. The Morgan fingerprint density at radius 2 is 1.92 bits per heavy atom. The summed E-state index contributed by atoms with van der Waals surface area (Å²) >= 11 is 0. The van der Waals surface area contributed by atoms with Gasteiger partial charge < -0.3 is 20.1 Å². The minimum Gasteiger partial charge on any atom is -0.497 e. The molecule has 1 aromatic carbocycles. The van der Waals surface area contributed by atoms with Crippen molar-refractivity contribution in [2.24, 2.45) is 11.3 Å². The molecular formula is C20H28N2O3. The first-order valence-electron chi connectivity index (χ1n) is 9.39. The second-order valence-corrected chi connectivity index (χ2v) is 7.99. The van der Waals surface area contributed by atoms with Crippen LogP contribution in [0.3, 0.4) is 0 Å². The van der Waals surface area contributed by atoms with Gasteiger partial charge in [-0.05, 0) is 61.9 Å². The summed E-state index contributed by atoms with van der Waals surface area (Å²) in [6.45, 7) is 3.66. The van der Waals surface area contributed by atoms with Crippen molar-refractivity contribution in [3.05, 3.63) is 29.8 Å². The molecule has 1 aromatic rings. The molecule has 25 heavy (non-hydrogen) atoms. The number of aliphatic hydroxyl groups excluding tert-OH is 1. The van der Waals surface area contributed by atoms with Crippen molar-refractivity contribution in [3.63, 3.8) is 0 Å². The predicted octanol–water partition coefficient (Wildman–Crippen LogP) is 1.55. The van der Waals surface area contributed by atoms with Crippen molar-refractivity contribution < 1.29 is 14.6 Å². The summed E-state index contributed by atoms with van der Waals surface area (Å²) < 4.78 is 5.24. The number of methoxy groups -OCH3 is 1. The summed E-state index contributed by atoms with van der Waals surface area (Å²) in [5.41, 5.74) is 0.862. The van der Waals surface area contributed by atoms with Gasteiger partial charge in [0.15, 0.2) is 0 Å². The molecule has 2 aliphatic heterocycles. The van der Waals surface area contributed by atoms with Crippen molar-refractivity contribution >= 4 is 5.91 Å². The lowest BCUT2D eigenvalue weighted by atomic mass is 9.71. The molecule has 2 heterocycles. The first-order valence-corrected chi connectivity index (χ1v) is 9.39.